The van der Waals surface area contributed by atoms with Gasteiger partial charge in [0.25, 0.3) is 0 Å². The maximum Gasteiger partial charge on any atom is 0.212 e. The Kier molecular flexibility index (Phi) is 4.37. The molecule has 1 saturated carbocycles. The van der Waals surface area contributed by atoms with Crippen molar-refractivity contribution in [3.8, 4) is 0 Å². The highest BCUT2D eigenvalue weighted by atomic mass is 32.2. The second-order valence-corrected chi connectivity index (χ2v) is 6.72. The number of nitrogens with one attached hydrogen (secondary N) is 2. The summed E-state index contributed by atoms with van der Waals surface area (Å²) in [7, 11) is -1.66. The maximum absolute atomic E-state index is 11.2. The lowest BCUT2D eigenvalue weighted by Gasteiger charge is -2.10. The second-order valence-electron chi connectivity index (χ2n) is 4.67. The van der Waals surface area contributed by atoms with Crippen LogP contribution in [0.3, 0.4) is 0 Å². The lowest BCUT2D eigenvalue weighted by atomic mass is 10.0. The lowest BCUT2D eigenvalue weighted by molar-refractivity contribution is 0.583. The van der Waals surface area contributed by atoms with Crippen molar-refractivity contribution >= 4 is 10.0 Å². The van der Waals surface area contributed by atoms with Crippen LogP contribution in [0.25, 0.3) is 0 Å². The first-order valence-electron chi connectivity index (χ1n) is 6.32. The number of rotatable bonds is 7. The smallest absolute Gasteiger partial charge is 0.212 e. The summed E-state index contributed by atoms with van der Waals surface area (Å²) in [5.74, 6) is 0.846. The topological polar surface area (TPSA) is 58.2 Å². The van der Waals surface area contributed by atoms with E-state index in [2.05, 4.69) is 28.2 Å². The molecule has 2 rings (SSSR count). The summed E-state index contributed by atoms with van der Waals surface area (Å²) in [6.45, 7) is 1.22. The molecule has 18 heavy (non-hydrogen) atoms. The van der Waals surface area contributed by atoms with Gasteiger partial charge < -0.3 is 5.32 Å². The molecule has 0 bridgehead atoms. The van der Waals surface area contributed by atoms with Crippen LogP contribution in [-0.4, -0.2) is 27.8 Å². The number of sulfonamides is 1. The van der Waals surface area contributed by atoms with E-state index in [9.17, 15) is 8.42 Å². The Morgan fingerprint density at radius 1 is 1.28 bits per heavy atom. The predicted octanol–water partition coefficient (Wildman–Crippen LogP) is 1.20. The van der Waals surface area contributed by atoms with E-state index >= 15 is 0 Å². The molecular formula is C13H20N2O2S. The molecule has 1 aliphatic carbocycles. The van der Waals surface area contributed by atoms with Crippen molar-refractivity contribution < 1.29 is 8.42 Å². The summed E-state index contributed by atoms with van der Waals surface area (Å²) < 4.78 is 24.8. The number of benzene rings is 1. The Balaban J connectivity index is 1.83. The fourth-order valence-electron chi connectivity index (χ4n) is 2.02. The van der Waals surface area contributed by atoms with Gasteiger partial charge in [0.2, 0.25) is 10.0 Å². The second kappa shape index (κ2) is 5.82. The molecule has 1 aromatic rings. The SMILES string of the molecule is CNS(=O)(=O)CCNCc1ccccc1C1CC1. The summed E-state index contributed by atoms with van der Waals surface area (Å²) in [5.41, 5.74) is 2.71. The monoisotopic (exact) mass is 268 g/mol. The molecule has 0 unspecified atom stereocenters. The molecule has 1 aliphatic rings. The average Bonchev–Trinajstić information content (AvgIpc) is 3.19. The minimum atomic E-state index is -3.10. The van der Waals surface area contributed by atoms with Crippen LogP contribution in [0.4, 0.5) is 0 Å². The fraction of sp³-hybridized carbons (Fsp3) is 0.538. The van der Waals surface area contributed by atoms with Gasteiger partial charge in [0, 0.05) is 13.1 Å². The molecule has 5 heteroatoms. The van der Waals surface area contributed by atoms with E-state index in [0.29, 0.717) is 6.54 Å². The van der Waals surface area contributed by atoms with Gasteiger partial charge in [-0.25, -0.2) is 13.1 Å². The van der Waals surface area contributed by atoms with Crippen LogP contribution < -0.4 is 10.0 Å². The highest BCUT2D eigenvalue weighted by Crippen LogP contribution is 2.41. The van der Waals surface area contributed by atoms with Crippen molar-refractivity contribution in [3.63, 3.8) is 0 Å². The minimum absolute atomic E-state index is 0.120. The fourth-order valence-corrected chi connectivity index (χ4v) is 2.64. The average molecular weight is 268 g/mol. The van der Waals surface area contributed by atoms with Gasteiger partial charge in [0.05, 0.1) is 5.75 Å². The van der Waals surface area contributed by atoms with E-state index in [1.807, 2.05) is 6.07 Å². The molecule has 2 N–H and O–H groups in total. The van der Waals surface area contributed by atoms with E-state index in [1.54, 1.807) is 0 Å². The molecule has 0 atom stereocenters. The highest BCUT2D eigenvalue weighted by molar-refractivity contribution is 7.89. The predicted molar refractivity (Wildman–Crippen MR) is 73.0 cm³/mol. The van der Waals surface area contributed by atoms with Crippen LogP contribution in [0.15, 0.2) is 24.3 Å². The molecule has 0 aliphatic heterocycles. The van der Waals surface area contributed by atoms with Gasteiger partial charge >= 0.3 is 0 Å². The van der Waals surface area contributed by atoms with E-state index in [1.165, 1.54) is 31.0 Å². The van der Waals surface area contributed by atoms with Gasteiger partial charge in [0.15, 0.2) is 0 Å². The van der Waals surface area contributed by atoms with Crippen molar-refractivity contribution in [1.82, 2.24) is 10.0 Å². The first-order chi connectivity index (χ1) is 8.62. The molecule has 0 radical (unpaired) electrons. The molecule has 0 spiro atoms. The maximum atomic E-state index is 11.2. The third kappa shape index (κ3) is 3.80. The van der Waals surface area contributed by atoms with Crippen LogP contribution in [0, 0.1) is 0 Å². The minimum Gasteiger partial charge on any atom is -0.312 e. The largest absolute Gasteiger partial charge is 0.312 e. The summed E-state index contributed by atoms with van der Waals surface area (Å²) in [6.07, 6.45) is 2.57. The molecule has 0 heterocycles. The molecule has 0 aromatic heterocycles. The van der Waals surface area contributed by atoms with Crippen molar-refractivity contribution in [1.29, 1.82) is 0 Å². The van der Waals surface area contributed by atoms with Crippen LogP contribution in [0.1, 0.15) is 29.9 Å². The van der Waals surface area contributed by atoms with Crippen molar-refractivity contribution in [2.24, 2.45) is 0 Å². The van der Waals surface area contributed by atoms with Crippen molar-refractivity contribution in [2.75, 3.05) is 19.3 Å². The van der Waals surface area contributed by atoms with Gasteiger partial charge in [-0.3, -0.25) is 0 Å². The van der Waals surface area contributed by atoms with Gasteiger partial charge in [-0.15, -0.1) is 0 Å². The van der Waals surface area contributed by atoms with E-state index < -0.39 is 10.0 Å². The first-order valence-corrected chi connectivity index (χ1v) is 7.97. The Hall–Kier alpha value is -0.910. The zero-order valence-corrected chi connectivity index (χ0v) is 11.5. The van der Waals surface area contributed by atoms with Gasteiger partial charge in [-0.05, 0) is 36.9 Å². The lowest BCUT2D eigenvalue weighted by Crippen LogP contribution is -2.29. The quantitative estimate of drug-likeness (QED) is 0.731. The van der Waals surface area contributed by atoms with Gasteiger partial charge in [-0.2, -0.15) is 0 Å². The Morgan fingerprint density at radius 2 is 2.00 bits per heavy atom. The van der Waals surface area contributed by atoms with Gasteiger partial charge in [0.1, 0.15) is 0 Å². The molecule has 0 saturated heterocycles. The van der Waals surface area contributed by atoms with Crippen molar-refractivity contribution in [3.05, 3.63) is 35.4 Å². The summed E-state index contributed by atoms with van der Waals surface area (Å²) in [6, 6.07) is 8.40. The number of hydrogen-bond acceptors (Lipinski definition) is 3. The molecule has 1 fully saturated rings. The normalized spacial score (nSPS) is 15.8. The molecule has 1 aromatic carbocycles. The standard InChI is InChI=1S/C13H20N2O2S/c1-14-18(16,17)9-8-15-10-12-4-2-3-5-13(12)11-6-7-11/h2-5,11,14-15H,6-10H2,1H3. The highest BCUT2D eigenvalue weighted by Gasteiger charge is 2.25. The third-order valence-electron chi connectivity index (χ3n) is 3.25. The van der Waals surface area contributed by atoms with E-state index in [4.69, 9.17) is 0 Å². The first kappa shape index (κ1) is 13.5. The summed E-state index contributed by atoms with van der Waals surface area (Å²) in [5, 5.41) is 3.20. The van der Waals surface area contributed by atoms with Crippen LogP contribution in [-0.2, 0) is 16.6 Å². The van der Waals surface area contributed by atoms with E-state index in [0.717, 1.165) is 12.5 Å². The summed E-state index contributed by atoms with van der Waals surface area (Å²) in [4.78, 5) is 0. The van der Waals surface area contributed by atoms with E-state index in [-0.39, 0.29) is 5.75 Å². The van der Waals surface area contributed by atoms with Crippen LogP contribution in [0.5, 0.6) is 0 Å². The van der Waals surface area contributed by atoms with Crippen LogP contribution in [0.2, 0.25) is 0 Å². The molecule has 4 nitrogen and oxygen atoms in total. The molecular weight excluding hydrogens is 248 g/mol. The third-order valence-corrected chi connectivity index (χ3v) is 4.61. The Bertz CT molecular complexity index is 495. The summed E-state index contributed by atoms with van der Waals surface area (Å²) >= 11 is 0. The number of hydrogen-bond donors (Lipinski definition) is 2. The Labute approximate surface area is 109 Å². The zero-order chi connectivity index (χ0) is 13.0. The molecule has 100 valence electrons. The Morgan fingerprint density at radius 3 is 2.67 bits per heavy atom. The van der Waals surface area contributed by atoms with Crippen LogP contribution >= 0.6 is 0 Å². The zero-order valence-electron chi connectivity index (χ0n) is 10.6. The molecule has 0 amide bonds. The van der Waals surface area contributed by atoms with Gasteiger partial charge in [-0.1, -0.05) is 24.3 Å². The van der Waals surface area contributed by atoms with Crippen molar-refractivity contribution in [2.45, 2.75) is 25.3 Å².